The van der Waals surface area contributed by atoms with E-state index in [4.69, 9.17) is 4.74 Å². The summed E-state index contributed by atoms with van der Waals surface area (Å²) in [7, 11) is 1.65. The molecule has 1 aromatic heterocycles. The van der Waals surface area contributed by atoms with Crippen molar-refractivity contribution in [1.29, 1.82) is 0 Å². The molecule has 1 N–H and O–H groups in total. The van der Waals surface area contributed by atoms with E-state index >= 15 is 0 Å². The van der Waals surface area contributed by atoms with Gasteiger partial charge in [0.2, 0.25) is 0 Å². The van der Waals surface area contributed by atoms with Crippen molar-refractivity contribution in [2.75, 3.05) is 13.7 Å². The molecule has 106 valence electrons. The van der Waals surface area contributed by atoms with Crippen molar-refractivity contribution in [1.82, 2.24) is 10.3 Å². The molecule has 0 aliphatic rings. The minimum Gasteiger partial charge on any atom is -0.378 e. The molecule has 0 saturated carbocycles. The molecule has 6 heteroatoms. The Morgan fingerprint density at radius 2 is 2.25 bits per heavy atom. The van der Waals surface area contributed by atoms with Crippen LogP contribution in [-0.4, -0.2) is 24.5 Å². The van der Waals surface area contributed by atoms with E-state index in [1.54, 1.807) is 24.5 Å². The molecule has 2 aromatic rings. The number of ether oxygens (including phenoxy) is 1. The summed E-state index contributed by atoms with van der Waals surface area (Å²) < 4.78 is 5.83. The SMILES string of the molecule is COCc1nc(CCNC(=O)c2ccccc2Br)cs1. The number of carbonyl (C=O) groups is 1. The summed E-state index contributed by atoms with van der Waals surface area (Å²) in [6.07, 6.45) is 0.719. The smallest absolute Gasteiger partial charge is 0.252 e. The van der Waals surface area contributed by atoms with E-state index in [9.17, 15) is 4.79 Å². The Bertz CT molecular complexity index is 586. The summed E-state index contributed by atoms with van der Waals surface area (Å²) in [6, 6.07) is 7.37. The van der Waals surface area contributed by atoms with Gasteiger partial charge in [-0.3, -0.25) is 4.79 Å². The second-order valence-corrected chi connectivity index (χ2v) is 5.95. The van der Waals surface area contributed by atoms with Gasteiger partial charge in [-0.2, -0.15) is 0 Å². The van der Waals surface area contributed by atoms with Crippen LogP contribution in [0.1, 0.15) is 21.1 Å². The zero-order chi connectivity index (χ0) is 14.4. The molecule has 0 fully saturated rings. The molecule has 0 radical (unpaired) electrons. The Hall–Kier alpha value is -1.24. The zero-order valence-corrected chi connectivity index (χ0v) is 13.5. The Morgan fingerprint density at radius 1 is 1.45 bits per heavy atom. The normalized spacial score (nSPS) is 10.5. The molecule has 0 spiro atoms. The molecule has 2 rings (SSSR count). The first-order valence-corrected chi connectivity index (χ1v) is 7.83. The third-order valence-corrected chi connectivity index (χ3v) is 4.21. The van der Waals surface area contributed by atoms with Crippen LogP contribution >= 0.6 is 27.3 Å². The van der Waals surface area contributed by atoms with E-state index in [-0.39, 0.29) is 5.91 Å². The summed E-state index contributed by atoms with van der Waals surface area (Å²) in [5.74, 6) is -0.0789. The van der Waals surface area contributed by atoms with Gasteiger partial charge in [0.1, 0.15) is 5.01 Å². The highest BCUT2D eigenvalue weighted by Gasteiger charge is 2.08. The van der Waals surface area contributed by atoms with Gasteiger partial charge in [-0.05, 0) is 28.1 Å². The van der Waals surface area contributed by atoms with Crippen molar-refractivity contribution < 1.29 is 9.53 Å². The van der Waals surface area contributed by atoms with Crippen molar-refractivity contribution in [3.63, 3.8) is 0 Å². The molecule has 0 unspecified atom stereocenters. The quantitative estimate of drug-likeness (QED) is 0.867. The first-order chi connectivity index (χ1) is 9.70. The maximum atomic E-state index is 12.0. The zero-order valence-electron chi connectivity index (χ0n) is 11.1. The topological polar surface area (TPSA) is 51.2 Å². The lowest BCUT2D eigenvalue weighted by molar-refractivity contribution is 0.0953. The lowest BCUT2D eigenvalue weighted by Crippen LogP contribution is -2.26. The third-order valence-electron chi connectivity index (χ3n) is 2.65. The summed E-state index contributed by atoms with van der Waals surface area (Å²) in [4.78, 5) is 16.4. The van der Waals surface area contributed by atoms with Crippen LogP contribution in [0.15, 0.2) is 34.1 Å². The van der Waals surface area contributed by atoms with Gasteiger partial charge in [0, 0.05) is 29.9 Å². The third kappa shape index (κ3) is 4.13. The number of carbonyl (C=O) groups excluding carboxylic acids is 1. The molecule has 1 amide bonds. The molecule has 20 heavy (non-hydrogen) atoms. The van der Waals surface area contributed by atoms with Gasteiger partial charge in [0.05, 0.1) is 17.9 Å². The van der Waals surface area contributed by atoms with Crippen LogP contribution < -0.4 is 5.32 Å². The number of halogens is 1. The van der Waals surface area contributed by atoms with Crippen LogP contribution in [0.4, 0.5) is 0 Å². The number of thiazole rings is 1. The van der Waals surface area contributed by atoms with Gasteiger partial charge in [-0.15, -0.1) is 11.3 Å². The lowest BCUT2D eigenvalue weighted by Gasteiger charge is -2.05. The average Bonchev–Trinajstić information content (AvgIpc) is 2.87. The molecule has 1 aromatic carbocycles. The second kappa shape index (κ2) is 7.52. The van der Waals surface area contributed by atoms with Crippen molar-refractivity contribution in [2.45, 2.75) is 13.0 Å². The van der Waals surface area contributed by atoms with Crippen LogP contribution in [0, 0.1) is 0 Å². The average molecular weight is 355 g/mol. The minimum atomic E-state index is -0.0789. The highest BCUT2D eigenvalue weighted by Crippen LogP contribution is 2.15. The summed E-state index contributed by atoms with van der Waals surface area (Å²) in [6.45, 7) is 1.10. The number of rotatable bonds is 6. The molecule has 1 heterocycles. The highest BCUT2D eigenvalue weighted by molar-refractivity contribution is 9.10. The van der Waals surface area contributed by atoms with E-state index in [1.165, 1.54) is 0 Å². The Balaban J connectivity index is 1.83. The summed E-state index contributed by atoms with van der Waals surface area (Å²) in [5, 5.41) is 5.85. The van der Waals surface area contributed by atoms with Crippen molar-refractivity contribution >= 4 is 33.2 Å². The van der Waals surface area contributed by atoms with Crippen LogP contribution in [0.2, 0.25) is 0 Å². The Kier molecular flexibility index (Phi) is 5.70. The van der Waals surface area contributed by atoms with Crippen LogP contribution in [0.5, 0.6) is 0 Å². The maximum Gasteiger partial charge on any atom is 0.252 e. The predicted octanol–water partition coefficient (Wildman–Crippen LogP) is 3.02. The minimum absolute atomic E-state index is 0.0789. The van der Waals surface area contributed by atoms with Crippen molar-refractivity contribution in [2.24, 2.45) is 0 Å². The standard InChI is InChI=1S/C14H15BrN2O2S/c1-19-8-13-17-10(9-20-13)6-7-16-14(18)11-4-2-3-5-12(11)15/h2-5,9H,6-8H2,1H3,(H,16,18). The number of nitrogens with zero attached hydrogens (tertiary/aromatic N) is 1. The predicted molar refractivity (Wildman–Crippen MR) is 83.0 cm³/mol. The molecule has 4 nitrogen and oxygen atoms in total. The van der Waals surface area contributed by atoms with Gasteiger partial charge < -0.3 is 10.1 Å². The van der Waals surface area contributed by atoms with E-state index in [1.807, 2.05) is 23.6 Å². The molecule has 0 atom stereocenters. The van der Waals surface area contributed by atoms with E-state index in [0.29, 0.717) is 18.7 Å². The van der Waals surface area contributed by atoms with E-state index in [0.717, 1.165) is 21.6 Å². The fraction of sp³-hybridized carbons (Fsp3) is 0.286. The number of benzene rings is 1. The largest absolute Gasteiger partial charge is 0.378 e. The second-order valence-electron chi connectivity index (χ2n) is 4.15. The summed E-state index contributed by atoms with van der Waals surface area (Å²) >= 11 is 4.94. The monoisotopic (exact) mass is 354 g/mol. The molecular weight excluding hydrogens is 340 g/mol. The fourth-order valence-electron chi connectivity index (χ4n) is 1.70. The highest BCUT2D eigenvalue weighted by atomic mass is 79.9. The fourth-order valence-corrected chi connectivity index (χ4v) is 2.96. The van der Waals surface area contributed by atoms with Gasteiger partial charge in [-0.25, -0.2) is 4.98 Å². The van der Waals surface area contributed by atoms with Crippen LogP contribution in [0.3, 0.4) is 0 Å². The molecule has 0 aliphatic carbocycles. The number of methoxy groups -OCH3 is 1. The maximum absolute atomic E-state index is 12.0. The summed E-state index contributed by atoms with van der Waals surface area (Å²) in [5.41, 5.74) is 1.63. The van der Waals surface area contributed by atoms with Gasteiger partial charge in [0.15, 0.2) is 0 Å². The van der Waals surface area contributed by atoms with Gasteiger partial charge in [-0.1, -0.05) is 12.1 Å². The number of nitrogens with one attached hydrogen (secondary N) is 1. The first-order valence-electron chi connectivity index (χ1n) is 6.15. The number of aromatic nitrogens is 1. The number of hydrogen-bond acceptors (Lipinski definition) is 4. The van der Waals surface area contributed by atoms with Crippen LogP contribution in [-0.2, 0) is 17.8 Å². The van der Waals surface area contributed by atoms with E-state index in [2.05, 4.69) is 26.2 Å². The van der Waals surface area contributed by atoms with Gasteiger partial charge in [0.25, 0.3) is 5.91 Å². The number of amides is 1. The Labute approximate surface area is 130 Å². The van der Waals surface area contributed by atoms with Crippen molar-refractivity contribution in [3.05, 3.63) is 50.4 Å². The van der Waals surface area contributed by atoms with Gasteiger partial charge >= 0.3 is 0 Å². The molecule has 0 bridgehead atoms. The molecular formula is C14H15BrN2O2S. The van der Waals surface area contributed by atoms with Crippen molar-refractivity contribution in [3.8, 4) is 0 Å². The van der Waals surface area contributed by atoms with Crippen LogP contribution in [0.25, 0.3) is 0 Å². The lowest BCUT2D eigenvalue weighted by atomic mass is 10.2. The molecule has 0 aliphatic heterocycles. The Morgan fingerprint density at radius 3 is 3.00 bits per heavy atom. The molecule has 0 saturated heterocycles. The first kappa shape index (κ1) is 15.2. The van der Waals surface area contributed by atoms with E-state index < -0.39 is 0 Å². The number of hydrogen-bond donors (Lipinski definition) is 1.